The SMILES string of the molecule is CC(C)[C@H](NC(=O)CN(C)S(=O)(=O)c1ccccc1)C(=O)O. The quantitative estimate of drug-likeness (QED) is 0.760. The van der Waals surface area contributed by atoms with Gasteiger partial charge in [0.25, 0.3) is 0 Å². The minimum absolute atomic E-state index is 0.0731. The number of sulfonamides is 1. The first-order valence-electron chi connectivity index (χ1n) is 6.69. The van der Waals surface area contributed by atoms with Crippen molar-refractivity contribution in [2.24, 2.45) is 5.92 Å². The number of nitrogens with zero attached hydrogens (tertiary/aromatic N) is 1. The van der Waals surface area contributed by atoms with Crippen LogP contribution in [0.3, 0.4) is 0 Å². The Balaban J connectivity index is 2.78. The lowest BCUT2D eigenvalue weighted by molar-refractivity contribution is -0.143. The molecule has 1 aromatic carbocycles. The topological polar surface area (TPSA) is 104 Å². The lowest BCUT2D eigenvalue weighted by atomic mass is 10.1. The minimum atomic E-state index is -3.79. The number of carbonyl (C=O) groups is 2. The van der Waals surface area contributed by atoms with Gasteiger partial charge in [-0.05, 0) is 18.1 Å². The van der Waals surface area contributed by atoms with Crippen LogP contribution in [0.15, 0.2) is 35.2 Å². The number of likely N-dealkylation sites (N-methyl/N-ethyl adjacent to an activating group) is 1. The standard InChI is InChI=1S/C14H20N2O5S/c1-10(2)13(14(18)19)15-12(17)9-16(3)22(20,21)11-7-5-4-6-8-11/h4-8,10,13H,9H2,1-3H3,(H,15,17)(H,18,19)/t13-/m0/s1. The number of nitrogens with one attached hydrogen (secondary N) is 1. The molecule has 1 rings (SSSR count). The molecule has 0 unspecified atom stereocenters. The number of hydrogen-bond donors (Lipinski definition) is 2. The van der Waals surface area contributed by atoms with Gasteiger partial charge < -0.3 is 10.4 Å². The van der Waals surface area contributed by atoms with Crippen LogP contribution < -0.4 is 5.32 Å². The van der Waals surface area contributed by atoms with E-state index in [9.17, 15) is 18.0 Å². The van der Waals surface area contributed by atoms with Crippen molar-refractivity contribution in [3.05, 3.63) is 30.3 Å². The summed E-state index contributed by atoms with van der Waals surface area (Å²) in [6, 6.07) is 6.65. The van der Waals surface area contributed by atoms with Gasteiger partial charge in [-0.1, -0.05) is 32.0 Å². The number of amides is 1. The third-order valence-corrected chi connectivity index (χ3v) is 4.88. The Morgan fingerprint density at radius 1 is 1.23 bits per heavy atom. The Morgan fingerprint density at radius 3 is 2.23 bits per heavy atom. The van der Waals surface area contributed by atoms with Crippen molar-refractivity contribution in [3.8, 4) is 0 Å². The molecule has 0 spiro atoms. The van der Waals surface area contributed by atoms with Gasteiger partial charge >= 0.3 is 5.97 Å². The zero-order valence-corrected chi connectivity index (χ0v) is 13.5. The molecule has 2 N–H and O–H groups in total. The smallest absolute Gasteiger partial charge is 0.326 e. The van der Waals surface area contributed by atoms with Crippen LogP contribution in [0.25, 0.3) is 0 Å². The Labute approximate surface area is 130 Å². The number of carbonyl (C=O) groups excluding carboxylic acids is 1. The number of carboxylic acid groups (broad SMARTS) is 1. The van der Waals surface area contributed by atoms with Crippen molar-refractivity contribution in [1.82, 2.24) is 9.62 Å². The van der Waals surface area contributed by atoms with E-state index < -0.39 is 34.5 Å². The maximum atomic E-state index is 12.3. The van der Waals surface area contributed by atoms with Gasteiger partial charge in [0.2, 0.25) is 15.9 Å². The number of aliphatic carboxylic acids is 1. The van der Waals surface area contributed by atoms with Gasteiger partial charge in [-0.3, -0.25) is 4.79 Å². The summed E-state index contributed by atoms with van der Waals surface area (Å²) in [6.45, 7) is 2.86. The molecule has 0 aromatic heterocycles. The summed E-state index contributed by atoms with van der Waals surface area (Å²) in [5.41, 5.74) is 0. The van der Waals surface area contributed by atoms with Crippen molar-refractivity contribution in [2.45, 2.75) is 24.8 Å². The normalized spacial score (nSPS) is 13.1. The largest absolute Gasteiger partial charge is 0.480 e. The first kappa shape index (κ1) is 18.1. The summed E-state index contributed by atoms with van der Waals surface area (Å²) >= 11 is 0. The molecule has 0 aliphatic rings. The van der Waals surface area contributed by atoms with Crippen LogP contribution in [-0.2, 0) is 19.6 Å². The Kier molecular flexibility index (Phi) is 6.07. The lowest BCUT2D eigenvalue weighted by Gasteiger charge is -2.21. The van der Waals surface area contributed by atoms with Crippen LogP contribution >= 0.6 is 0 Å². The summed E-state index contributed by atoms with van der Waals surface area (Å²) in [4.78, 5) is 23.0. The molecule has 1 aromatic rings. The highest BCUT2D eigenvalue weighted by molar-refractivity contribution is 7.89. The van der Waals surface area contributed by atoms with Crippen LogP contribution in [-0.4, -0.2) is 49.3 Å². The molecule has 0 aliphatic heterocycles. The summed E-state index contributed by atoms with van der Waals surface area (Å²) in [5.74, 6) is -2.13. The first-order chi connectivity index (χ1) is 10.2. The van der Waals surface area contributed by atoms with E-state index in [-0.39, 0.29) is 10.8 Å². The predicted molar refractivity (Wildman–Crippen MR) is 80.7 cm³/mol. The van der Waals surface area contributed by atoms with E-state index >= 15 is 0 Å². The highest BCUT2D eigenvalue weighted by atomic mass is 32.2. The molecular formula is C14H20N2O5S. The second-order valence-corrected chi connectivity index (χ2v) is 7.25. The Bertz CT molecular complexity index is 628. The zero-order chi connectivity index (χ0) is 16.9. The number of carboxylic acids is 1. The van der Waals surface area contributed by atoms with Gasteiger partial charge in [0.05, 0.1) is 11.4 Å². The first-order valence-corrected chi connectivity index (χ1v) is 8.14. The fourth-order valence-corrected chi connectivity index (χ4v) is 2.94. The van der Waals surface area contributed by atoms with E-state index in [0.29, 0.717) is 0 Å². The van der Waals surface area contributed by atoms with Crippen molar-refractivity contribution < 1.29 is 23.1 Å². The molecule has 0 saturated carbocycles. The van der Waals surface area contributed by atoms with E-state index in [2.05, 4.69) is 5.32 Å². The maximum absolute atomic E-state index is 12.3. The van der Waals surface area contributed by atoms with Crippen LogP contribution in [0.5, 0.6) is 0 Å². The second kappa shape index (κ2) is 7.37. The highest BCUT2D eigenvalue weighted by Crippen LogP contribution is 2.13. The minimum Gasteiger partial charge on any atom is -0.480 e. The fraction of sp³-hybridized carbons (Fsp3) is 0.429. The molecule has 22 heavy (non-hydrogen) atoms. The van der Waals surface area contributed by atoms with E-state index in [1.54, 1.807) is 32.0 Å². The molecule has 0 bridgehead atoms. The lowest BCUT2D eigenvalue weighted by Crippen LogP contribution is -2.48. The zero-order valence-electron chi connectivity index (χ0n) is 12.7. The monoisotopic (exact) mass is 328 g/mol. The van der Waals surface area contributed by atoms with E-state index in [1.165, 1.54) is 19.2 Å². The van der Waals surface area contributed by atoms with Crippen LogP contribution in [0.2, 0.25) is 0 Å². The molecule has 0 radical (unpaired) electrons. The van der Waals surface area contributed by atoms with Gasteiger partial charge in [-0.25, -0.2) is 13.2 Å². The third kappa shape index (κ3) is 4.54. The molecule has 1 atom stereocenters. The molecule has 0 fully saturated rings. The van der Waals surface area contributed by atoms with Gasteiger partial charge in [0, 0.05) is 7.05 Å². The predicted octanol–water partition coefficient (Wildman–Crippen LogP) is 0.532. The third-order valence-electron chi connectivity index (χ3n) is 3.07. The second-order valence-electron chi connectivity index (χ2n) is 5.20. The number of hydrogen-bond acceptors (Lipinski definition) is 4. The Hall–Kier alpha value is -1.93. The van der Waals surface area contributed by atoms with E-state index in [0.717, 1.165) is 4.31 Å². The molecule has 8 heteroatoms. The van der Waals surface area contributed by atoms with Crippen molar-refractivity contribution >= 4 is 21.9 Å². The summed E-state index contributed by atoms with van der Waals surface area (Å²) in [7, 11) is -2.51. The van der Waals surface area contributed by atoms with E-state index in [1.807, 2.05) is 0 Å². The number of benzene rings is 1. The van der Waals surface area contributed by atoms with Gasteiger partial charge in [0.1, 0.15) is 6.04 Å². The van der Waals surface area contributed by atoms with Crippen LogP contribution in [0.1, 0.15) is 13.8 Å². The Morgan fingerprint density at radius 2 is 1.77 bits per heavy atom. The van der Waals surface area contributed by atoms with E-state index in [4.69, 9.17) is 5.11 Å². The summed E-state index contributed by atoms with van der Waals surface area (Å²) in [5, 5.41) is 11.3. The highest BCUT2D eigenvalue weighted by Gasteiger charge is 2.27. The van der Waals surface area contributed by atoms with Crippen molar-refractivity contribution in [1.29, 1.82) is 0 Å². The summed E-state index contributed by atoms with van der Waals surface area (Å²) in [6.07, 6.45) is 0. The molecular weight excluding hydrogens is 308 g/mol. The molecule has 7 nitrogen and oxygen atoms in total. The maximum Gasteiger partial charge on any atom is 0.326 e. The van der Waals surface area contributed by atoms with Crippen molar-refractivity contribution in [3.63, 3.8) is 0 Å². The van der Waals surface area contributed by atoms with Crippen LogP contribution in [0.4, 0.5) is 0 Å². The fourth-order valence-electron chi connectivity index (χ4n) is 1.79. The molecule has 0 heterocycles. The van der Waals surface area contributed by atoms with Crippen LogP contribution in [0, 0.1) is 5.92 Å². The molecule has 0 saturated heterocycles. The van der Waals surface area contributed by atoms with Gasteiger partial charge in [0.15, 0.2) is 0 Å². The summed E-state index contributed by atoms with van der Waals surface area (Å²) < 4.78 is 25.4. The molecule has 122 valence electrons. The van der Waals surface area contributed by atoms with Crippen molar-refractivity contribution in [2.75, 3.05) is 13.6 Å². The average Bonchev–Trinajstić information content (AvgIpc) is 2.44. The van der Waals surface area contributed by atoms with Gasteiger partial charge in [-0.2, -0.15) is 4.31 Å². The van der Waals surface area contributed by atoms with Gasteiger partial charge in [-0.15, -0.1) is 0 Å². The molecule has 1 amide bonds. The molecule has 0 aliphatic carbocycles. The average molecular weight is 328 g/mol. The number of rotatable bonds is 7.